The Morgan fingerprint density at radius 1 is 0.309 bits per heavy atom. The van der Waals surface area contributed by atoms with Gasteiger partial charge in [0.05, 0.1) is 22.4 Å². The van der Waals surface area contributed by atoms with Gasteiger partial charge in [0.15, 0.2) is 0 Å². The van der Waals surface area contributed by atoms with Gasteiger partial charge in [0.1, 0.15) is 0 Å². The third-order valence-electron chi connectivity index (χ3n) is 10.5. The average Bonchev–Trinajstić information content (AvgIpc) is 3.60. The third kappa shape index (κ3) is 5.89. The van der Waals surface area contributed by atoms with E-state index < -0.39 is 0 Å². The first-order valence-corrected chi connectivity index (χ1v) is 18.8. The van der Waals surface area contributed by atoms with Crippen LogP contribution in [0.4, 0.5) is 34.1 Å². The van der Waals surface area contributed by atoms with E-state index in [1.54, 1.807) is 0 Å². The Labute approximate surface area is 321 Å². The van der Waals surface area contributed by atoms with Crippen molar-refractivity contribution >= 4 is 66.7 Å². The number of aromatic nitrogens is 1. The van der Waals surface area contributed by atoms with Crippen LogP contribution in [-0.2, 0) is 0 Å². The molecule has 0 saturated heterocycles. The Morgan fingerprint density at radius 2 is 0.855 bits per heavy atom. The number of anilines is 6. The van der Waals surface area contributed by atoms with E-state index in [2.05, 4.69) is 239 Å². The molecule has 10 rings (SSSR count). The van der Waals surface area contributed by atoms with Gasteiger partial charge < -0.3 is 14.4 Å². The van der Waals surface area contributed by atoms with Crippen molar-refractivity contribution in [1.82, 2.24) is 4.57 Å². The number of hydrogen-bond donors (Lipinski definition) is 0. The lowest BCUT2D eigenvalue weighted by Gasteiger charge is -2.30. The quantitative estimate of drug-likeness (QED) is 0.156. The highest BCUT2D eigenvalue weighted by atomic mass is 15.2. The predicted octanol–water partition coefficient (Wildman–Crippen LogP) is 14.5. The molecule has 1 heterocycles. The molecule has 0 bridgehead atoms. The maximum absolute atomic E-state index is 2.45. The third-order valence-corrected chi connectivity index (χ3v) is 10.5. The largest absolute Gasteiger partial charge is 0.310 e. The summed E-state index contributed by atoms with van der Waals surface area (Å²) < 4.78 is 2.45. The molecule has 0 unspecified atom stereocenters. The molecule has 260 valence electrons. The number of hydrogen-bond acceptors (Lipinski definition) is 2. The molecule has 0 aliphatic rings. The standard InChI is InChI=1S/C52H37N3/c1-5-18-38(19-6-1)41-22-17-29-45(34-41)53(42-23-7-2-8-24-42)47-36-50(54(43-25-9-3-10-26-43)44-27-11-4-12-28-44)52-48-30-15-16-31-49(48)55(51(52)37-47)46-33-32-39-20-13-14-21-40(39)35-46/h1-37H. The van der Waals surface area contributed by atoms with E-state index in [0.29, 0.717) is 0 Å². The van der Waals surface area contributed by atoms with Crippen LogP contribution >= 0.6 is 0 Å². The highest BCUT2D eigenvalue weighted by molar-refractivity contribution is 6.18. The Balaban J connectivity index is 1.33. The molecule has 0 atom stereocenters. The van der Waals surface area contributed by atoms with Crippen LogP contribution in [0.5, 0.6) is 0 Å². The molecule has 1 aromatic heterocycles. The Kier molecular flexibility index (Phi) is 8.16. The highest BCUT2D eigenvalue weighted by Gasteiger charge is 2.25. The molecule has 0 aliphatic heterocycles. The normalized spacial score (nSPS) is 11.3. The van der Waals surface area contributed by atoms with Crippen LogP contribution in [0.2, 0.25) is 0 Å². The molecule has 3 heteroatoms. The topological polar surface area (TPSA) is 11.4 Å². The van der Waals surface area contributed by atoms with Gasteiger partial charge in [0.25, 0.3) is 0 Å². The lowest BCUT2D eigenvalue weighted by Crippen LogP contribution is -2.14. The van der Waals surface area contributed by atoms with Gasteiger partial charge in [0.2, 0.25) is 0 Å². The Bertz CT molecular complexity index is 2880. The zero-order valence-corrected chi connectivity index (χ0v) is 30.2. The summed E-state index contributed by atoms with van der Waals surface area (Å²) in [6, 6.07) is 80.7. The summed E-state index contributed by atoms with van der Waals surface area (Å²) in [5.74, 6) is 0. The van der Waals surface area contributed by atoms with Crippen molar-refractivity contribution in [2.75, 3.05) is 9.80 Å². The van der Waals surface area contributed by atoms with E-state index in [1.165, 1.54) is 32.7 Å². The van der Waals surface area contributed by atoms with Gasteiger partial charge in [-0.05, 0) is 101 Å². The maximum Gasteiger partial charge on any atom is 0.0583 e. The van der Waals surface area contributed by atoms with E-state index in [0.717, 1.165) is 50.8 Å². The number of fused-ring (bicyclic) bond motifs is 4. The summed E-state index contributed by atoms with van der Waals surface area (Å²) >= 11 is 0. The Hall–Kier alpha value is -7.36. The number of rotatable bonds is 8. The molecular formula is C52H37N3. The van der Waals surface area contributed by atoms with E-state index in [9.17, 15) is 0 Å². The molecule has 0 radical (unpaired) electrons. The van der Waals surface area contributed by atoms with E-state index in [-0.39, 0.29) is 0 Å². The summed E-state index contributed by atoms with van der Waals surface area (Å²) in [6.07, 6.45) is 0. The lowest BCUT2D eigenvalue weighted by atomic mass is 10.0. The molecule has 0 amide bonds. The van der Waals surface area contributed by atoms with Crippen molar-refractivity contribution in [2.24, 2.45) is 0 Å². The zero-order valence-electron chi connectivity index (χ0n) is 30.2. The number of nitrogens with zero attached hydrogens (tertiary/aromatic N) is 3. The summed E-state index contributed by atoms with van der Waals surface area (Å²) in [4.78, 5) is 4.80. The van der Waals surface area contributed by atoms with Crippen LogP contribution in [0.15, 0.2) is 224 Å². The first-order valence-electron chi connectivity index (χ1n) is 18.8. The molecule has 0 fully saturated rings. The van der Waals surface area contributed by atoms with Crippen LogP contribution in [0, 0.1) is 0 Å². The molecule has 0 saturated carbocycles. The second kappa shape index (κ2) is 13.9. The van der Waals surface area contributed by atoms with Crippen LogP contribution < -0.4 is 9.80 Å². The predicted molar refractivity (Wildman–Crippen MR) is 233 cm³/mol. The fourth-order valence-electron chi connectivity index (χ4n) is 8.02. The second-order valence-electron chi connectivity index (χ2n) is 13.8. The van der Waals surface area contributed by atoms with Gasteiger partial charge in [-0.1, -0.05) is 146 Å². The van der Waals surface area contributed by atoms with Crippen molar-refractivity contribution in [3.05, 3.63) is 224 Å². The van der Waals surface area contributed by atoms with E-state index in [1.807, 2.05) is 0 Å². The van der Waals surface area contributed by atoms with Crippen LogP contribution in [0.25, 0.3) is 49.4 Å². The zero-order chi connectivity index (χ0) is 36.6. The van der Waals surface area contributed by atoms with Gasteiger partial charge in [-0.2, -0.15) is 0 Å². The number of para-hydroxylation sites is 4. The van der Waals surface area contributed by atoms with Crippen molar-refractivity contribution in [2.45, 2.75) is 0 Å². The maximum atomic E-state index is 2.45. The van der Waals surface area contributed by atoms with Crippen molar-refractivity contribution in [3.8, 4) is 16.8 Å². The first-order chi connectivity index (χ1) is 27.3. The minimum Gasteiger partial charge on any atom is -0.310 e. The summed E-state index contributed by atoms with van der Waals surface area (Å²) in [6.45, 7) is 0. The van der Waals surface area contributed by atoms with Gasteiger partial charge in [-0.3, -0.25) is 0 Å². The lowest BCUT2D eigenvalue weighted by molar-refractivity contribution is 1.18. The SMILES string of the molecule is c1ccc(-c2cccc(N(c3ccccc3)c3cc(N(c4ccccc4)c4ccccc4)c4c5ccccc5n(-c5ccc6ccccc6c5)c4c3)c2)cc1. The van der Waals surface area contributed by atoms with Gasteiger partial charge in [0, 0.05) is 39.2 Å². The van der Waals surface area contributed by atoms with Crippen LogP contribution in [0.3, 0.4) is 0 Å². The highest BCUT2D eigenvalue weighted by Crippen LogP contribution is 2.48. The molecule has 3 nitrogen and oxygen atoms in total. The van der Waals surface area contributed by atoms with Crippen molar-refractivity contribution in [1.29, 1.82) is 0 Å². The second-order valence-corrected chi connectivity index (χ2v) is 13.8. The van der Waals surface area contributed by atoms with Crippen molar-refractivity contribution in [3.63, 3.8) is 0 Å². The molecule has 0 spiro atoms. The Morgan fingerprint density at radius 3 is 1.55 bits per heavy atom. The minimum atomic E-state index is 1.06. The summed E-state index contributed by atoms with van der Waals surface area (Å²) in [5, 5.41) is 4.81. The summed E-state index contributed by atoms with van der Waals surface area (Å²) in [7, 11) is 0. The molecule has 0 N–H and O–H groups in total. The van der Waals surface area contributed by atoms with Gasteiger partial charge >= 0.3 is 0 Å². The first kappa shape index (κ1) is 32.3. The fraction of sp³-hybridized carbons (Fsp3) is 0. The molecule has 9 aromatic carbocycles. The van der Waals surface area contributed by atoms with E-state index in [4.69, 9.17) is 0 Å². The summed E-state index contributed by atoms with van der Waals surface area (Å²) in [5.41, 5.74) is 12.3. The molecular weight excluding hydrogens is 667 g/mol. The molecule has 55 heavy (non-hydrogen) atoms. The van der Waals surface area contributed by atoms with Crippen LogP contribution in [-0.4, -0.2) is 4.57 Å². The smallest absolute Gasteiger partial charge is 0.0583 e. The minimum absolute atomic E-state index is 1.06. The molecule has 0 aliphatic carbocycles. The van der Waals surface area contributed by atoms with Gasteiger partial charge in [-0.25, -0.2) is 0 Å². The number of benzene rings is 9. The monoisotopic (exact) mass is 703 g/mol. The van der Waals surface area contributed by atoms with Gasteiger partial charge in [-0.15, -0.1) is 0 Å². The van der Waals surface area contributed by atoms with E-state index >= 15 is 0 Å². The average molecular weight is 704 g/mol. The van der Waals surface area contributed by atoms with Crippen molar-refractivity contribution < 1.29 is 0 Å². The van der Waals surface area contributed by atoms with Crippen LogP contribution in [0.1, 0.15) is 0 Å². The fourth-order valence-corrected chi connectivity index (χ4v) is 8.02. The molecule has 10 aromatic rings.